The van der Waals surface area contributed by atoms with E-state index in [9.17, 15) is 9.50 Å². The molecular weight excluding hydrogens is 333 g/mol. The number of aliphatic hydroxyl groups is 1. The number of benzene rings is 1. The van der Waals surface area contributed by atoms with E-state index in [1.165, 1.54) is 12.5 Å². The smallest absolute Gasteiger partial charge is 0.127 e. The third-order valence-corrected chi connectivity index (χ3v) is 5.44. The van der Waals surface area contributed by atoms with Gasteiger partial charge in [-0.2, -0.15) is 0 Å². The maximum absolute atomic E-state index is 14.0. The van der Waals surface area contributed by atoms with Crippen molar-refractivity contribution in [2.45, 2.75) is 50.7 Å². The molecule has 0 heterocycles. The minimum absolute atomic E-state index is 0.239. The van der Waals surface area contributed by atoms with E-state index in [4.69, 9.17) is 0 Å². The Bertz CT molecular complexity index is 494. The molecule has 3 atom stereocenters. The molecule has 0 amide bonds. The Balaban J connectivity index is 2.21. The first-order chi connectivity index (χ1) is 9.85. The van der Waals surface area contributed by atoms with Crippen molar-refractivity contribution in [1.29, 1.82) is 0 Å². The number of aliphatic hydroxyl groups excluding tert-OH is 1. The van der Waals surface area contributed by atoms with E-state index in [1.54, 1.807) is 6.07 Å². The molecule has 0 aliphatic heterocycles. The van der Waals surface area contributed by atoms with E-state index in [-0.39, 0.29) is 11.4 Å². The van der Waals surface area contributed by atoms with Gasteiger partial charge in [-0.25, -0.2) is 4.39 Å². The quantitative estimate of drug-likeness (QED) is 0.879. The fourth-order valence-corrected chi connectivity index (χ4v) is 3.99. The second-order valence-electron chi connectivity index (χ2n) is 6.66. The van der Waals surface area contributed by atoms with Gasteiger partial charge in [0.05, 0.1) is 6.10 Å². The van der Waals surface area contributed by atoms with Gasteiger partial charge in [-0.05, 0) is 50.6 Å². The van der Waals surface area contributed by atoms with E-state index in [0.717, 1.165) is 23.7 Å². The zero-order valence-electron chi connectivity index (χ0n) is 13.1. The third-order valence-electron chi connectivity index (χ3n) is 4.95. The van der Waals surface area contributed by atoms with Crippen molar-refractivity contribution in [3.8, 4) is 0 Å². The summed E-state index contributed by atoms with van der Waals surface area (Å²) in [6.07, 6.45) is 4.10. The predicted octanol–water partition coefficient (Wildman–Crippen LogP) is 4.00. The molecule has 0 radical (unpaired) electrons. The molecule has 1 fully saturated rings. The highest BCUT2D eigenvalue weighted by Crippen LogP contribution is 2.39. The van der Waals surface area contributed by atoms with Crippen LogP contribution in [0.1, 0.15) is 38.2 Å². The van der Waals surface area contributed by atoms with Crippen LogP contribution in [0.2, 0.25) is 0 Å². The second kappa shape index (κ2) is 6.76. The van der Waals surface area contributed by atoms with Crippen LogP contribution in [-0.4, -0.2) is 35.7 Å². The van der Waals surface area contributed by atoms with Gasteiger partial charge in [-0.1, -0.05) is 41.8 Å². The van der Waals surface area contributed by atoms with Crippen LogP contribution in [0.3, 0.4) is 0 Å². The van der Waals surface area contributed by atoms with Crippen molar-refractivity contribution in [2.75, 3.05) is 14.1 Å². The first-order valence-corrected chi connectivity index (χ1v) is 8.44. The molecule has 1 aromatic carbocycles. The van der Waals surface area contributed by atoms with E-state index in [1.807, 2.05) is 20.2 Å². The third kappa shape index (κ3) is 3.66. The van der Waals surface area contributed by atoms with Crippen LogP contribution in [0.15, 0.2) is 22.7 Å². The Kier molecular flexibility index (Phi) is 5.44. The number of likely N-dealkylation sites (N-methyl/N-ethyl adjacent to an activating group) is 1. The van der Waals surface area contributed by atoms with Crippen LogP contribution < -0.4 is 0 Å². The van der Waals surface area contributed by atoms with Crippen LogP contribution in [0.5, 0.6) is 0 Å². The average Bonchev–Trinajstić information content (AvgIpc) is 2.41. The second-order valence-corrected chi connectivity index (χ2v) is 7.57. The molecule has 2 rings (SSSR count). The minimum Gasteiger partial charge on any atom is -0.391 e. The highest BCUT2D eigenvalue weighted by Gasteiger charge is 2.43. The SMILES string of the molecule is CC1CCCC(C(O)Cc2ccc(Br)cc2F)(N(C)C)C1. The summed E-state index contributed by atoms with van der Waals surface area (Å²) in [5, 5.41) is 10.8. The summed E-state index contributed by atoms with van der Waals surface area (Å²) in [4.78, 5) is 2.14. The Hall–Kier alpha value is -0.450. The summed E-state index contributed by atoms with van der Waals surface area (Å²) in [7, 11) is 4.05. The van der Waals surface area contributed by atoms with Gasteiger partial charge >= 0.3 is 0 Å². The lowest BCUT2D eigenvalue weighted by molar-refractivity contribution is -0.0427. The summed E-state index contributed by atoms with van der Waals surface area (Å²) in [5.74, 6) is 0.353. The number of nitrogens with zero attached hydrogens (tertiary/aromatic N) is 1. The van der Waals surface area contributed by atoms with Gasteiger partial charge < -0.3 is 10.0 Å². The first-order valence-electron chi connectivity index (χ1n) is 7.64. The van der Waals surface area contributed by atoms with E-state index in [2.05, 4.69) is 27.8 Å². The molecule has 118 valence electrons. The van der Waals surface area contributed by atoms with Crippen molar-refractivity contribution in [2.24, 2.45) is 5.92 Å². The largest absolute Gasteiger partial charge is 0.391 e. The lowest BCUT2D eigenvalue weighted by atomic mass is 9.71. The Morgan fingerprint density at radius 3 is 2.76 bits per heavy atom. The van der Waals surface area contributed by atoms with Gasteiger partial charge in [0.2, 0.25) is 0 Å². The molecule has 2 nitrogen and oxygen atoms in total. The molecular formula is C17H25BrFNO. The van der Waals surface area contributed by atoms with Gasteiger partial charge in [-0.15, -0.1) is 0 Å². The Morgan fingerprint density at radius 1 is 1.48 bits per heavy atom. The molecule has 3 unspecified atom stereocenters. The molecule has 4 heteroatoms. The summed E-state index contributed by atoms with van der Waals surface area (Å²) in [6, 6.07) is 5.06. The fraction of sp³-hybridized carbons (Fsp3) is 0.647. The lowest BCUT2D eigenvalue weighted by Gasteiger charge is -2.48. The summed E-state index contributed by atoms with van der Waals surface area (Å²) in [6.45, 7) is 2.24. The van der Waals surface area contributed by atoms with Gasteiger partial charge in [0.15, 0.2) is 0 Å². The van der Waals surface area contributed by atoms with E-state index >= 15 is 0 Å². The average molecular weight is 358 g/mol. The highest BCUT2D eigenvalue weighted by atomic mass is 79.9. The molecule has 0 bridgehead atoms. The molecule has 1 saturated carbocycles. The number of halogens is 2. The van der Waals surface area contributed by atoms with Crippen molar-refractivity contribution < 1.29 is 9.50 Å². The fourth-order valence-electron chi connectivity index (χ4n) is 3.66. The zero-order valence-corrected chi connectivity index (χ0v) is 14.7. The Labute approximate surface area is 135 Å². The van der Waals surface area contributed by atoms with Crippen LogP contribution >= 0.6 is 15.9 Å². The zero-order chi connectivity index (χ0) is 15.6. The summed E-state index contributed by atoms with van der Waals surface area (Å²) >= 11 is 3.27. The van der Waals surface area contributed by atoms with Gasteiger partial charge in [0.1, 0.15) is 5.82 Å². The molecule has 1 N–H and O–H groups in total. The normalized spacial score (nSPS) is 27.9. The molecule has 0 aromatic heterocycles. The minimum atomic E-state index is -0.550. The molecule has 0 saturated heterocycles. The van der Waals surface area contributed by atoms with Crippen LogP contribution in [0.4, 0.5) is 4.39 Å². The topological polar surface area (TPSA) is 23.5 Å². The number of rotatable bonds is 4. The lowest BCUT2D eigenvalue weighted by Crippen LogP contribution is -2.56. The standard InChI is InChI=1S/C17H25BrFNO/c1-12-5-4-8-17(11-12,20(2)3)16(21)9-13-6-7-14(18)10-15(13)19/h6-7,10,12,16,21H,4-5,8-9,11H2,1-3H3. The highest BCUT2D eigenvalue weighted by molar-refractivity contribution is 9.10. The molecule has 0 spiro atoms. The predicted molar refractivity (Wildman–Crippen MR) is 87.9 cm³/mol. The van der Waals surface area contributed by atoms with Crippen LogP contribution in [-0.2, 0) is 6.42 Å². The van der Waals surface area contributed by atoms with Gasteiger partial charge in [0.25, 0.3) is 0 Å². The Morgan fingerprint density at radius 2 is 2.19 bits per heavy atom. The van der Waals surface area contributed by atoms with Gasteiger partial charge in [-0.3, -0.25) is 0 Å². The van der Waals surface area contributed by atoms with Crippen LogP contribution in [0, 0.1) is 11.7 Å². The number of hydrogen-bond donors (Lipinski definition) is 1. The summed E-state index contributed by atoms with van der Waals surface area (Å²) in [5.41, 5.74) is 0.349. The van der Waals surface area contributed by atoms with Gasteiger partial charge in [0, 0.05) is 16.4 Å². The maximum Gasteiger partial charge on any atom is 0.127 e. The molecule has 21 heavy (non-hydrogen) atoms. The molecule has 1 aliphatic carbocycles. The van der Waals surface area contributed by atoms with E-state index in [0.29, 0.717) is 17.9 Å². The monoisotopic (exact) mass is 357 g/mol. The van der Waals surface area contributed by atoms with Crippen molar-refractivity contribution in [3.05, 3.63) is 34.1 Å². The summed E-state index contributed by atoms with van der Waals surface area (Å²) < 4.78 is 14.8. The van der Waals surface area contributed by atoms with Crippen molar-refractivity contribution in [3.63, 3.8) is 0 Å². The maximum atomic E-state index is 14.0. The van der Waals surface area contributed by atoms with Crippen molar-refractivity contribution >= 4 is 15.9 Å². The van der Waals surface area contributed by atoms with Crippen molar-refractivity contribution in [1.82, 2.24) is 4.90 Å². The molecule has 1 aliphatic rings. The molecule has 1 aromatic rings. The van der Waals surface area contributed by atoms with E-state index < -0.39 is 6.10 Å². The number of hydrogen-bond acceptors (Lipinski definition) is 2. The first kappa shape index (κ1) is 16.9. The van der Waals surface area contributed by atoms with Crippen LogP contribution in [0.25, 0.3) is 0 Å².